The maximum Gasteiger partial charge on any atom is 0.236 e. The van der Waals surface area contributed by atoms with E-state index >= 15 is 0 Å². The topological polar surface area (TPSA) is 60.5 Å². The van der Waals surface area contributed by atoms with Crippen LogP contribution in [0.25, 0.3) is 0 Å². The molecule has 2 heterocycles. The second kappa shape index (κ2) is 6.63. The van der Waals surface area contributed by atoms with E-state index in [0.29, 0.717) is 10.9 Å². The van der Waals surface area contributed by atoms with Crippen molar-refractivity contribution in [3.63, 3.8) is 0 Å². The van der Waals surface area contributed by atoms with Gasteiger partial charge < -0.3 is 14.8 Å². The number of nitrogens with one attached hydrogen (secondary N) is 1. The van der Waals surface area contributed by atoms with Crippen LogP contribution in [0.3, 0.4) is 0 Å². The molecule has 5 rings (SSSR count). The molecule has 0 spiro atoms. The number of carbonyl (C=O) groups excluding carboxylic acids is 1. The second-order valence-corrected chi connectivity index (χ2v) is 8.45. The number of thiazole rings is 1. The lowest BCUT2D eigenvalue weighted by atomic mass is 9.94. The fraction of sp³-hybridized carbons (Fsp3) is 0.273. The lowest BCUT2D eigenvalue weighted by molar-refractivity contribution is -0.118. The number of anilines is 1. The van der Waals surface area contributed by atoms with Crippen molar-refractivity contribution >= 4 is 22.4 Å². The number of aromatic nitrogens is 1. The van der Waals surface area contributed by atoms with Crippen LogP contribution in [0.4, 0.5) is 5.13 Å². The van der Waals surface area contributed by atoms with Gasteiger partial charge in [0.15, 0.2) is 16.6 Å². The van der Waals surface area contributed by atoms with Gasteiger partial charge in [0.05, 0.1) is 5.41 Å². The first-order chi connectivity index (χ1) is 13.6. The number of nitrogens with zero attached hydrogens (tertiary/aromatic N) is 1. The molecule has 1 aliphatic heterocycles. The summed E-state index contributed by atoms with van der Waals surface area (Å²) in [5.41, 5.74) is 3.04. The number of hydrogen-bond acceptors (Lipinski definition) is 5. The zero-order valence-corrected chi connectivity index (χ0v) is 16.3. The van der Waals surface area contributed by atoms with Gasteiger partial charge in [-0.3, -0.25) is 4.79 Å². The van der Waals surface area contributed by atoms with Crippen molar-refractivity contribution in [1.82, 2.24) is 4.98 Å². The minimum Gasteiger partial charge on any atom is -0.454 e. The fourth-order valence-electron chi connectivity index (χ4n) is 3.63. The molecular formula is C22H20N2O3S. The maximum absolute atomic E-state index is 13.0. The Morgan fingerprint density at radius 2 is 2.00 bits per heavy atom. The Bertz CT molecular complexity index is 1060. The van der Waals surface area contributed by atoms with Crippen LogP contribution in [-0.4, -0.2) is 17.7 Å². The van der Waals surface area contributed by atoms with Gasteiger partial charge in [0.2, 0.25) is 12.7 Å². The molecule has 0 atom stereocenters. The number of benzene rings is 2. The molecule has 0 unspecified atom stereocenters. The number of aryl methyl sites for hydroxylation is 1. The summed E-state index contributed by atoms with van der Waals surface area (Å²) in [6.45, 7) is 2.35. The van der Waals surface area contributed by atoms with Crippen molar-refractivity contribution in [2.45, 2.75) is 31.6 Å². The highest BCUT2D eigenvalue weighted by atomic mass is 32.1. The molecule has 2 aromatic carbocycles. The van der Waals surface area contributed by atoms with Crippen LogP contribution in [0.15, 0.2) is 48.7 Å². The van der Waals surface area contributed by atoms with E-state index in [-0.39, 0.29) is 12.7 Å². The largest absolute Gasteiger partial charge is 0.454 e. The van der Waals surface area contributed by atoms with Crippen molar-refractivity contribution in [3.05, 3.63) is 70.2 Å². The standard InChI is InChI=1S/C22H20N2O3S/c1-14-4-2-3-5-15(14)10-17-12-23-21(28-17)24-20(25)22(8-9-22)16-6-7-18-19(11-16)27-13-26-18/h2-7,11-12H,8-10,13H2,1H3,(H,23,24,25). The fourth-order valence-corrected chi connectivity index (χ4v) is 4.46. The number of rotatable bonds is 5. The lowest BCUT2D eigenvalue weighted by Gasteiger charge is -2.15. The van der Waals surface area contributed by atoms with Crippen molar-refractivity contribution in [2.75, 3.05) is 12.1 Å². The summed E-state index contributed by atoms with van der Waals surface area (Å²) in [5, 5.41) is 3.68. The third kappa shape index (κ3) is 3.03. The number of amides is 1. The molecule has 0 bridgehead atoms. The van der Waals surface area contributed by atoms with Crippen molar-refractivity contribution in [2.24, 2.45) is 0 Å². The van der Waals surface area contributed by atoms with Gasteiger partial charge in [-0.1, -0.05) is 30.3 Å². The molecule has 1 fully saturated rings. The molecule has 1 amide bonds. The van der Waals surface area contributed by atoms with Crippen molar-refractivity contribution < 1.29 is 14.3 Å². The van der Waals surface area contributed by atoms with Gasteiger partial charge in [-0.05, 0) is 48.6 Å². The monoisotopic (exact) mass is 392 g/mol. The highest BCUT2D eigenvalue weighted by Crippen LogP contribution is 2.51. The minimum atomic E-state index is -0.483. The summed E-state index contributed by atoms with van der Waals surface area (Å²) in [5.74, 6) is 1.45. The van der Waals surface area contributed by atoms with Crippen LogP contribution < -0.4 is 14.8 Å². The molecule has 1 aliphatic carbocycles. The Labute approximate surface area is 167 Å². The van der Waals surface area contributed by atoms with Crippen LogP contribution in [0.2, 0.25) is 0 Å². The van der Waals surface area contributed by atoms with E-state index in [9.17, 15) is 4.79 Å². The summed E-state index contributed by atoms with van der Waals surface area (Å²) < 4.78 is 10.8. The summed E-state index contributed by atoms with van der Waals surface area (Å²) in [6.07, 6.45) is 4.35. The zero-order chi connectivity index (χ0) is 19.1. The SMILES string of the molecule is Cc1ccccc1Cc1cnc(NC(=O)C2(c3ccc4c(c3)OCO4)CC2)s1. The predicted octanol–water partition coefficient (Wildman–Crippen LogP) is 4.44. The van der Waals surface area contributed by atoms with Gasteiger partial charge in [-0.2, -0.15) is 0 Å². The van der Waals surface area contributed by atoms with E-state index in [2.05, 4.69) is 29.4 Å². The minimum absolute atomic E-state index is 0.00292. The number of ether oxygens (including phenoxy) is 2. The first-order valence-corrected chi connectivity index (χ1v) is 10.2. The van der Waals surface area contributed by atoms with Gasteiger partial charge >= 0.3 is 0 Å². The van der Waals surface area contributed by atoms with Crippen LogP contribution in [-0.2, 0) is 16.6 Å². The average Bonchev–Trinajstić information content (AvgIpc) is 3.18. The first kappa shape index (κ1) is 17.3. The normalized spacial score (nSPS) is 16.0. The molecule has 28 heavy (non-hydrogen) atoms. The van der Waals surface area contributed by atoms with Gasteiger partial charge in [-0.25, -0.2) is 4.98 Å². The van der Waals surface area contributed by atoms with Crippen LogP contribution >= 0.6 is 11.3 Å². The van der Waals surface area contributed by atoms with E-state index in [4.69, 9.17) is 9.47 Å². The van der Waals surface area contributed by atoms with Gasteiger partial charge in [-0.15, -0.1) is 11.3 Å². The highest BCUT2D eigenvalue weighted by Gasteiger charge is 2.52. The summed E-state index contributed by atoms with van der Waals surface area (Å²) >= 11 is 1.54. The van der Waals surface area contributed by atoms with E-state index in [0.717, 1.165) is 35.5 Å². The van der Waals surface area contributed by atoms with E-state index in [1.54, 1.807) is 0 Å². The molecule has 142 valence electrons. The Kier molecular flexibility index (Phi) is 4.09. The average molecular weight is 392 g/mol. The molecule has 6 heteroatoms. The number of fused-ring (bicyclic) bond motifs is 1. The van der Waals surface area contributed by atoms with Crippen LogP contribution in [0.1, 0.15) is 34.4 Å². The van der Waals surface area contributed by atoms with Crippen LogP contribution in [0, 0.1) is 6.92 Å². The lowest BCUT2D eigenvalue weighted by Crippen LogP contribution is -2.27. The first-order valence-electron chi connectivity index (χ1n) is 9.35. The molecule has 1 aromatic heterocycles. The zero-order valence-electron chi connectivity index (χ0n) is 15.5. The molecule has 5 nitrogen and oxygen atoms in total. The van der Waals surface area contributed by atoms with Crippen molar-refractivity contribution in [1.29, 1.82) is 0 Å². The summed E-state index contributed by atoms with van der Waals surface area (Å²) in [6, 6.07) is 14.1. The summed E-state index contributed by atoms with van der Waals surface area (Å²) in [7, 11) is 0. The predicted molar refractivity (Wildman–Crippen MR) is 108 cm³/mol. The number of carbonyl (C=O) groups is 1. The molecule has 0 saturated heterocycles. The molecule has 3 aromatic rings. The molecule has 2 aliphatic rings. The third-order valence-electron chi connectivity index (χ3n) is 5.51. The Morgan fingerprint density at radius 1 is 1.18 bits per heavy atom. The van der Waals surface area contributed by atoms with E-state index in [1.165, 1.54) is 22.5 Å². The third-order valence-corrected chi connectivity index (χ3v) is 6.42. The maximum atomic E-state index is 13.0. The second-order valence-electron chi connectivity index (χ2n) is 7.34. The van der Waals surface area contributed by atoms with Crippen LogP contribution in [0.5, 0.6) is 11.5 Å². The van der Waals surface area contributed by atoms with Gasteiger partial charge in [0.1, 0.15) is 0 Å². The molecular weight excluding hydrogens is 372 g/mol. The highest BCUT2D eigenvalue weighted by molar-refractivity contribution is 7.15. The Balaban J connectivity index is 1.31. The van der Waals surface area contributed by atoms with Crippen molar-refractivity contribution in [3.8, 4) is 11.5 Å². The Morgan fingerprint density at radius 3 is 2.82 bits per heavy atom. The summed E-state index contributed by atoms with van der Waals surface area (Å²) in [4.78, 5) is 18.6. The van der Waals surface area contributed by atoms with Gasteiger partial charge in [0, 0.05) is 17.5 Å². The number of hydrogen-bond donors (Lipinski definition) is 1. The Hall–Kier alpha value is -2.86. The quantitative estimate of drug-likeness (QED) is 0.697. The molecule has 0 radical (unpaired) electrons. The van der Waals surface area contributed by atoms with E-state index in [1.807, 2.05) is 36.5 Å². The molecule has 1 saturated carbocycles. The van der Waals surface area contributed by atoms with E-state index < -0.39 is 5.41 Å². The molecule has 1 N–H and O–H groups in total. The van der Waals surface area contributed by atoms with Gasteiger partial charge in [0.25, 0.3) is 0 Å². The smallest absolute Gasteiger partial charge is 0.236 e.